The summed E-state index contributed by atoms with van der Waals surface area (Å²) in [5, 5.41) is 7.20. The molecule has 16 rings (SSSR count). The normalized spacial score (nSPS) is 11.6. The molecule has 0 aliphatic carbocycles. The summed E-state index contributed by atoms with van der Waals surface area (Å²) in [6, 6.07) is 120. The summed E-state index contributed by atoms with van der Waals surface area (Å²) in [5.74, 6) is 0. The number of rotatable bonds is 10. The molecular formula is C82H54N2. The fraction of sp³-hybridized carbons (Fsp3) is 0. The van der Waals surface area contributed by atoms with Crippen LogP contribution in [-0.2, 0) is 0 Å². The smallest absolute Gasteiger partial charge is 0.0541 e. The standard InChI is InChI=1S/C82H54N2/c1-5-21-55(22-6-1)67-29-13-17-33-71(67)61-39-45-79-75(51-61)76-52-62(72-34-18-14-30-68(72)56-23-7-2-8-24-56)40-46-80(76)83(79)65-43-37-60-50-66(44-38-59(60)49-65)84-81-47-41-63(73-35-19-15-31-69(73)57-25-9-3-10-26-57)53-77(81)78-54-64(42-48-82(78)84)74-36-20-16-32-70(74)58-27-11-4-12-28-58/h1-54H. The van der Waals surface area contributed by atoms with Crippen molar-refractivity contribution in [3.8, 4) is 100 Å². The second-order valence-electron chi connectivity index (χ2n) is 22.0. The van der Waals surface area contributed by atoms with Gasteiger partial charge in [-0.3, -0.25) is 0 Å². The SMILES string of the molecule is c1ccc(-c2ccccc2-c2ccc3c(c2)c2cc(-c4ccccc4-c4ccccc4)ccc2n3-c2ccc3cc(-n4c5ccc(-c6ccccc6-c6ccccc6)cc5c5cc(-c6ccccc6-c6ccccc6)ccc54)ccc3c2)cc1. The molecule has 0 atom stereocenters. The zero-order valence-corrected chi connectivity index (χ0v) is 46.1. The van der Waals surface area contributed by atoms with Crippen molar-refractivity contribution < 1.29 is 0 Å². The number of hydrogen-bond acceptors (Lipinski definition) is 0. The van der Waals surface area contributed by atoms with Crippen molar-refractivity contribution in [1.29, 1.82) is 0 Å². The Hall–Kier alpha value is -11.1. The van der Waals surface area contributed by atoms with Gasteiger partial charge < -0.3 is 9.13 Å². The van der Waals surface area contributed by atoms with Crippen LogP contribution >= 0.6 is 0 Å². The van der Waals surface area contributed by atoms with Crippen molar-refractivity contribution in [2.45, 2.75) is 0 Å². The summed E-state index contributed by atoms with van der Waals surface area (Å²) in [6.07, 6.45) is 0. The molecule has 0 spiro atoms. The molecule has 0 saturated carbocycles. The highest BCUT2D eigenvalue weighted by molar-refractivity contribution is 6.14. The molecule has 0 bridgehead atoms. The minimum atomic E-state index is 1.12. The molecule has 84 heavy (non-hydrogen) atoms. The Kier molecular flexibility index (Phi) is 11.9. The lowest BCUT2D eigenvalue weighted by molar-refractivity contribution is 1.18. The van der Waals surface area contributed by atoms with Crippen LogP contribution in [0.5, 0.6) is 0 Å². The largest absolute Gasteiger partial charge is 0.309 e. The number of nitrogens with zero attached hydrogens (tertiary/aromatic N) is 2. The van der Waals surface area contributed by atoms with E-state index in [0.717, 1.165) is 33.4 Å². The fourth-order valence-corrected chi connectivity index (χ4v) is 13.2. The van der Waals surface area contributed by atoms with Crippen molar-refractivity contribution in [2.24, 2.45) is 0 Å². The molecule has 16 aromatic rings. The summed E-state index contributed by atoms with van der Waals surface area (Å²) in [5.41, 5.74) is 26.2. The molecular weight excluding hydrogens is 1010 g/mol. The molecule has 2 heteroatoms. The summed E-state index contributed by atoms with van der Waals surface area (Å²) in [6.45, 7) is 0. The Morgan fingerprint density at radius 1 is 0.155 bits per heavy atom. The fourth-order valence-electron chi connectivity index (χ4n) is 13.2. The molecule has 0 aliphatic heterocycles. The highest BCUT2D eigenvalue weighted by atomic mass is 15.0. The van der Waals surface area contributed by atoms with Crippen molar-refractivity contribution in [1.82, 2.24) is 9.13 Å². The lowest BCUT2D eigenvalue weighted by Crippen LogP contribution is -1.96. The maximum absolute atomic E-state index is 2.46. The van der Waals surface area contributed by atoms with Crippen molar-refractivity contribution in [2.75, 3.05) is 0 Å². The molecule has 2 nitrogen and oxygen atoms in total. The first-order valence-electron chi connectivity index (χ1n) is 29.0. The third-order valence-corrected chi connectivity index (χ3v) is 17.1. The van der Waals surface area contributed by atoms with E-state index in [-0.39, 0.29) is 0 Å². The molecule has 0 aliphatic rings. The molecule has 0 N–H and O–H groups in total. The summed E-state index contributed by atoms with van der Waals surface area (Å²) in [7, 11) is 0. The van der Waals surface area contributed by atoms with E-state index in [2.05, 4.69) is 337 Å². The van der Waals surface area contributed by atoms with Gasteiger partial charge in [0.2, 0.25) is 0 Å². The predicted molar refractivity (Wildman–Crippen MR) is 356 cm³/mol. The van der Waals surface area contributed by atoms with Crippen LogP contribution in [-0.4, -0.2) is 9.13 Å². The molecule has 0 saturated heterocycles. The van der Waals surface area contributed by atoms with Crippen LogP contribution < -0.4 is 0 Å². The van der Waals surface area contributed by atoms with Gasteiger partial charge in [0, 0.05) is 32.9 Å². The molecule has 0 amide bonds. The highest BCUT2D eigenvalue weighted by Gasteiger charge is 2.21. The maximum Gasteiger partial charge on any atom is 0.0541 e. The second kappa shape index (κ2) is 20.5. The molecule has 392 valence electrons. The number of hydrogen-bond donors (Lipinski definition) is 0. The van der Waals surface area contributed by atoms with E-state index in [0.29, 0.717) is 0 Å². The van der Waals surface area contributed by atoms with Gasteiger partial charge in [-0.1, -0.05) is 255 Å². The predicted octanol–water partition coefficient (Wildman–Crippen LogP) is 22.4. The van der Waals surface area contributed by atoms with E-state index in [4.69, 9.17) is 0 Å². The maximum atomic E-state index is 2.46. The van der Waals surface area contributed by atoms with Crippen LogP contribution in [0.2, 0.25) is 0 Å². The highest BCUT2D eigenvalue weighted by Crippen LogP contribution is 2.44. The topological polar surface area (TPSA) is 9.86 Å². The third-order valence-electron chi connectivity index (χ3n) is 17.1. The Morgan fingerprint density at radius 3 is 0.607 bits per heavy atom. The van der Waals surface area contributed by atoms with E-state index in [1.807, 2.05) is 0 Å². The van der Waals surface area contributed by atoms with E-state index in [1.54, 1.807) is 0 Å². The van der Waals surface area contributed by atoms with Gasteiger partial charge in [0.15, 0.2) is 0 Å². The Balaban J connectivity index is 0.851. The quantitative estimate of drug-likeness (QED) is 0.129. The van der Waals surface area contributed by atoms with Crippen LogP contribution in [0.15, 0.2) is 328 Å². The minimum absolute atomic E-state index is 1.12. The molecule has 0 unspecified atom stereocenters. The average Bonchev–Trinajstić information content (AvgIpc) is 3.64. The third kappa shape index (κ3) is 8.43. The van der Waals surface area contributed by atoms with Crippen LogP contribution in [0.4, 0.5) is 0 Å². The van der Waals surface area contributed by atoms with Gasteiger partial charge in [-0.2, -0.15) is 0 Å². The van der Waals surface area contributed by atoms with Gasteiger partial charge in [-0.15, -0.1) is 0 Å². The van der Waals surface area contributed by atoms with Crippen molar-refractivity contribution in [3.63, 3.8) is 0 Å². The van der Waals surface area contributed by atoms with Crippen LogP contribution in [0.25, 0.3) is 155 Å². The van der Waals surface area contributed by atoms with E-state index in [1.165, 1.54) is 121 Å². The van der Waals surface area contributed by atoms with Gasteiger partial charge >= 0.3 is 0 Å². The van der Waals surface area contributed by atoms with Crippen LogP contribution in [0.1, 0.15) is 0 Å². The van der Waals surface area contributed by atoms with Gasteiger partial charge in [-0.25, -0.2) is 0 Å². The summed E-state index contributed by atoms with van der Waals surface area (Å²) in [4.78, 5) is 0. The Bertz CT molecular complexity index is 4560. The van der Waals surface area contributed by atoms with Crippen LogP contribution in [0, 0.1) is 0 Å². The Morgan fingerprint density at radius 2 is 0.369 bits per heavy atom. The first kappa shape index (κ1) is 48.8. The molecule has 2 aromatic heterocycles. The van der Waals surface area contributed by atoms with Gasteiger partial charge in [0.05, 0.1) is 22.1 Å². The molecule has 0 fully saturated rings. The molecule has 14 aromatic carbocycles. The Labute approximate surface area is 488 Å². The van der Waals surface area contributed by atoms with E-state index < -0.39 is 0 Å². The summed E-state index contributed by atoms with van der Waals surface area (Å²) < 4.78 is 4.93. The van der Waals surface area contributed by atoms with Crippen molar-refractivity contribution in [3.05, 3.63) is 328 Å². The van der Waals surface area contributed by atoms with E-state index >= 15 is 0 Å². The summed E-state index contributed by atoms with van der Waals surface area (Å²) >= 11 is 0. The van der Waals surface area contributed by atoms with Gasteiger partial charge in [0.1, 0.15) is 0 Å². The minimum Gasteiger partial charge on any atom is -0.309 e. The molecule has 2 heterocycles. The lowest BCUT2D eigenvalue weighted by atomic mass is 9.92. The van der Waals surface area contributed by atoms with Crippen molar-refractivity contribution >= 4 is 54.4 Å². The number of fused-ring (bicyclic) bond motifs is 7. The number of aromatic nitrogens is 2. The van der Waals surface area contributed by atoms with Gasteiger partial charge in [-0.05, 0) is 173 Å². The van der Waals surface area contributed by atoms with Crippen LogP contribution in [0.3, 0.4) is 0 Å². The lowest BCUT2D eigenvalue weighted by Gasteiger charge is -2.14. The molecule has 0 radical (unpaired) electrons. The second-order valence-corrected chi connectivity index (χ2v) is 22.0. The zero-order valence-electron chi connectivity index (χ0n) is 46.1. The zero-order chi connectivity index (χ0) is 55.5. The first-order valence-corrected chi connectivity index (χ1v) is 29.0. The number of benzene rings is 14. The average molecular weight is 1070 g/mol. The first-order chi connectivity index (χ1) is 41.7. The van der Waals surface area contributed by atoms with Gasteiger partial charge in [0.25, 0.3) is 0 Å². The van der Waals surface area contributed by atoms with E-state index in [9.17, 15) is 0 Å². The monoisotopic (exact) mass is 1070 g/mol.